The van der Waals surface area contributed by atoms with Crippen molar-refractivity contribution < 1.29 is 4.79 Å². The Morgan fingerprint density at radius 3 is 2.79 bits per heavy atom. The standard InChI is InChI=1S/C20H25N3O/c1-13(2)10-20(24)22-18-6-5-7-19-17(18)12-21-23(19)16-9-8-14(3)15(4)11-16/h8-12,18H,5-7H2,1-4H3,(H,22,24)/t18-/m1/s1. The van der Waals surface area contributed by atoms with Gasteiger partial charge in [0.2, 0.25) is 5.91 Å². The summed E-state index contributed by atoms with van der Waals surface area (Å²) in [5.41, 5.74) is 7.01. The molecular weight excluding hydrogens is 298 g/mol. The van der Waals surface area contributed by atoms with Crippen LogP contribution in [0.3, 0.4) is 0 Å². The molecule has 0 saturated heterocycles. The minimum atomic E-state index is -0.0215. The van der Waals surface area contributed by atoms with Gasteiger partial charge in [0.05, 0.1) is 17.9 Å². The number of amides is 1. The lowest BCUT2D eigenvalue weighted by Crippen LogP contribution is -2.29. The number of aryl methyl sites for hydroxylation is 2. The molecule has 1 aromatic heterocycles. The topological polar surface area (TPSA) is 46.9 Å². The number of aromatic nitrogens is 2. The quantitative estimate of drug-likeness (QED) is 0.869. The van der Waals surface area contributed by atoms with Crippen molar-refractivity contribution in [2.24, 2.45) is 0 Å². The van der Waals surface area contributed by atoms with Crippen LogP contribution in [0.25, 0.3) is 5.69 Å². The Balaban J connectivity index is 1.91. The van der Waals surface area contributed by atoms with Crippen molar-refractivity contribution in [2.45, 2.75) is 53.0 Å². The lowest BCUT2D eigenvalue weighted by Gasteiger charge is -2.24. The summed E-state index contributed by atoms with van der Waals surface area (Å²) in [6.45, 7) is 8.11. The van der Waals surface area contributed by atoms with Gasteiger partial charge in [-0.05, 0) is 70.2 Å². The van der Waals surface area contributed by atoms with Gasteiger partial charge >= 0.3 is 0 Å². The summed E-state index contributed by atoms with van der Waals surface area (Å²) in [6, 6.07) is 6.47. The summed E-state index contributed by atoms with van der Waals surface area (Å²) in [5.74, 6) is -0.0215. The fourth-order valence-electron chi connectivity index (χ4n) is 3.26. The first-order valence-corrected chi connectivity index (χ1v) is 8.55. The molecule has 0 fully saturated rings. The zero-order valence-electron chi connectivity index (χ0n) is 14.9. The van der Waals surface area contributed by atoms with Gasteiger partial charge in [-0.25, -0.2) is 4.68 Å². The maximum Gasteiger partial charge on any atom is 0.244 e. The molecule has 1 aliphatic rings. The molecule has 0 aliphatic heterocycles. The van der Waals surface area contributed by atoms with Crippen molar-refractivity contribution >= 4 is 5.91 Å². The normalized spacial score (nSPS) is 16.4. The fourth-order valence-corrected chi connectivity index (χ4v) is 3.26. The van der Waals surface area contributed by atoms with E-state index in [4.69, 9.17) is 0 Å². The van der Waals surface area contributed by atoms with Gasteiger partial charge in [-0.15, -0.1) is 0 Å². The molecule has 0 radical (unpaired) electrons. The van der Waals surface area contributed by atoms with Crippen LogP contribution in [0.1, 0.15) is 55.1 Å². The predicted octanol–water partition coefficient (Wildman–Crippen LogP) is 3.95. The van der Waals surface area contributed by atoms with E-state index in [0.717, 1.165) is 36.1 Å². The van der Waals surface area contributed by atoms with Crippen LogP contribution in [-0.2, 0) is 11.2 Å². The summed E-state index contributed by atoms with van der Waals surface area (Å²) in [4.78, 5) is 12.1. The number of fused-ring (bicyclic) bond motifs is 1. The predicted molar refractivity (Wildman–Crippen MR) is 96.3 cm³/mol. The highest BCUT2D eigenvalue weighted by Crippen LogP contribution is 2.31. The van der Waals surface area contributed by atoms with E-state index in [1.54, 1.807) is 6.08 Å². The van der Waals surface area contributed by atoms with Crippen LogP contribution < -0.4 is 5.32 Å². The van der Waals surface area contributed by atoms with Crippen LogP contribution in [0.15, 0.2) is 36.0 Å². The molecule has 2 aromatic rings. The molecule has 1 atom stereocenters. The van der Waals surface area contributed by atoms with Crippen molar-refractivity contribution in [3.63, 3.8) is 0 Å². The molecular formula is C20H25N3O. The lowest BCUT2D eigenvalue weighted by atomic mass is 9.92. The molecule has 1 aliphatic carbocycles. The number of rotatable bonds is 3. The zero-order valence-corrected chi connectivity index (χ0v) is 14.9. The molecule has 0 unspecified atom stereocenters. The van der Waals surface area contributed by atoms with Crippen LogP contribution in [0, 0.1) is 13.8 Å². The SMILES string of the molecule is CC(C)=CC(=O)N[C@@H]1CCCc2c1cnn2-c1ccc(C)c(C)c1. The molecule has 4 nitrogen and oxygen atoms in total. The van der Waals surface area contributed by atoms with E-state index in [-0.39, 0.29) is 11.9 Å². The number of benzene rings is 1. The Kier molecular flexibility index (Phi) is 4.56. The first kappa shape index (κ1) is 16.5. The van der Waals surface area contributed by atoms with E-state index in [1.165, 1.54) is 16.8 Å². The molecule has 1 heterocycles. The first-order chi connectivity index (χ1) is 11.5. The van der Waals surface area contributed by atoms with Gasteiger partial charge in [-0.1, -0.05) is 11.6 Å². The van der Waals surface area contributed by atoms with Crippen LogP contribution in [0.4, 0.5) is 0 Å². The second-order valence-corrected chi connectivity index (χ2v) is 6.90. The van der Waals surface area contributed by atoms with Crippen LogP contribution in [0.5, 0.6) is 0 Å². The third kappa shape index (κ3) is 3.28. The maximum absolute atomic E-state index is 12.1. The molecule has 126 valence electrons. The summed E-state index contributed by atoms with van der Waals surface area (Å²) in [7, 11) is 0. The smallest absolute Gasteiger partial charge is 0.244 e. The zero-order chi connectivity index (χ0) is 17.3. The third-order valence-corrected chi connectivity index (χ3v) is 4.65. The molecule has 0 bridgehead atoms. The molecule has 24 heavy (non-hydrogen) atoms. The van der Waals surface area contributed by atoms with E-state index < -0.39 is 0 Å². The van der Waals surface area contributed by atoms with Crippen LogP contribution >= 0.6 is 0 Å². The van der Waals surface area contributed by atoms with Gasteiger partial charge in [-0.2, -0.15) is 5.10 Å². The highest BCUT2D eigenvalue weighted by atomic mass is 16.1. The van der Waals surface area contributed by atoms with Crippen LogP contribution in [-0.4, -0.2) is 15.7 Å². The second kappa shape index (κ2) is 6.63. The Morgan fingerprint density at radius 2 is 2.08 bits per heavy atom. The van der Waals surface area contributed by atoms with E-state index >= 15 is 0 Å². The first-order valence-electron chi connectivity index (χ1n) is 8.55. The molecule has 1 aromatic carbocycles. The lowest BCUT2D eigenvalue weighted by molar-refractivity contribution is -0.117. The Morgan fingerprint density at radius 1 is 1.29 bits per heavy atom. The minimum Gasteiger partial charge on any atom is -0.346 e. The second-order valence-electron chi connectivity index (χ2n) is 6.90. The largest absolute Gasteiger partial charge is 0.346 e. The Hall–Kier alpha value is -2.36. The van der Waals surface area contributed by atoms with E-state index in [1.807, 2.05) is 24.7 Å². The van der Waals surface area contributed by atoms with Gasteiger partial charge in [-0.3, -0.25) is 4.79 Å². The number of allylic oxidation sites excluding steroid dienone is 1. The highest BCUT2D eigenvalue weighted by molar-refractivity contribution is 5.88. The Labute approximate surface area is 143 Å². The van der Waals surface area contributed by atoms with Gasteiger partial charge in [0.15, 0.2) is 0 Å². The maximum atomic E-state index is 12.1. The average Bonchev–Trinajstić information content (AvgIpc) is 2.94. The Bertz CT molecular complexity index is 797. The van der Waals surface area contributed by atoms with Gasteiger partial charge in [0.1, 0.15) is 0 Å². The van der Waals surface area contributed by atoms with Gasteiger partial charge in [0, 0.05) is 17.3 Å². The number of nitrogens with zero attached hydrogens (tertiary/aromatic N) is 2. The van der Waals surface area contributed by atoms with Crippen molar-refractivity contribution in [1.29, 1.82) is 0 Å². The molecule has 0 saturated carbocycles. The van der Waals surface area contributed by atoms with Crippen molar-refractivity contribution in [1.82, 2.24) is 15.1 Å². The van der Waals surface area contributed by atoms with E-state index in [2.05, 4.69) is 42.5 Å². The molecule has 4 heteroatoms. The third-order valence-electron chi connectivity index (χ3n) is 4.65. The molecule has 3 rings (SSSR count). The number of hydrogen-bond acceptors (Lipinski definition) is 2. The number of carbonyl (C=O) groups excluding carboxylic acids is 1. The number of carbonyl (C=O) groups is 1. The van der Waals surface area contributed by atoms with Gasteiger partial charge < -0.3 is 5.32 Å². The van der Waals surface area contributed by atoms with Crippen LogP contribution in [0.2, 0.25) is 0 Å². The highest BCUT2D eigenvalue weighted by Gasteiger charge is 2.25. The van der Waals surface area contributed by atoms with E-state index in [9.17, 15) is 4.79 Å². The summed E-state index contributed by atoms with van der Waals surface area (Å²) >= 11 is 0. The minimum absolute atomic E-state index is 0.0215. The fraction of sp³-hybridized carbons (Fsp3) is 0.400. The summed E-state index contributed by atoms with van der Waals surface area (Å²) in [6.07, 6.45) is 6.59. The average molecular weight is 323 g/mol. The number of nitrogens with one attached hydrogen (secondary N) is 1. The van der Waals surface area contributed by atoms with Crippen molar-refractivity contribution in [2.75, 3.05) is 0 Å². The summed E-state index contributed by atoms with van der Waals surface area (Å²) < 4.78 is 2.03. The van der Waals surface area contributed by atoms with Gasteiger partial charge in [0.25, 0.3) is 0 Å². The monoisotopic (exact) mass is 323 g/mol. The molecule has 1 N–H and O–H groups in total. The van der Waals surface area contributed by atoms with Crippen molar-refractivity contribution in [3.8, 4) is 5.69 Å². The molecule has 1 amide bonds. The summed E-state index contributed by atoms with van der Waals surface area (Å²) in [5, 5.41) is 7.73. The van der Waals surface area contributed by atoms with E-state index in [0.29, 0.717) is 0 Å². The van der Waals surface area contributed by atoms with Crippen molar-refractivity contribution in [3.05, 3.63) is 58.4 Å². The molecule has 0 spiro atoms. The number of hydrogen-bond donors (Lipinski definition) is 1.